The number of rotatable bonds is 6. The number of aliphatic imine (C=N–C) groups is 1. The summed E-state index contributed by atoms with van der Waals surface area (Å²) in [6.45, 7) is 4.47. The summed E-state index contributed by atoms with van der Waals surface area (Å²) in [5.41, 5.74) is 0.199. The average Bonchev–Trinajstić information content (AvgIpc) is 2.50. The predicted octanol–water partition coefficient (Wildman–Crippen LogP) is 1.35. The Bertz CT molecular complexity index is 515. The summed E-state index contributed by atoms with van der Waals surface area (Å²) in [6.07, 6.45) is 0. The van der Waals surface area contributed by atoms with Crippen molar-refractivity contribution in [1.82, 2.24) is 10.6 Å². The Morgan fingerprint density at radius 1 is 1.27 bits per heavy atom. The van der Waals surface area contributed by atoms with Gasteiger partial charge in [-0.2, -0.15) is 0 Å². The molecule has 7 heteroatoms. The monoisotopic (exact) mass is 310 g/mol. The molecule has 0 saturated heterocycles. The summed E-state index contributed by atoms with van der Waals surface area (Å²) < 4.78 is 18.1. The molecule has 0 aliphatic heterocycles. The zero-order chi connectivity index (χ0) is 16.6. The first-order valence-electron chi connectivity index (χ1n) is 6.91. The van der Waals surface area contributed by atoms with E-state index >= 15 is 0 Å². The van der Waals surface area contributed by atoms with Gasteiger partial charge in [0.25, 0.3) is 0 Å². The number of hydrogen-bond donors (Lipinski definition) is 3. The number of hydrogen-bond acceptors (Lipinski definition) is 3. The number of ether oxygens (including phenoxy) is 1. The summed E-state index contributed by atoms with van der Waals surface area (Å²) in [5, 5.41) is 8.62. The number of benzene rings is 1. The van der Waals surface area contributed by atoms with E-state index in [-0.39, 0.29) is 23.9 Å². The lowest BCUT2D eigenvalue weighted by molar-refractivity contribution is -0.115. The Morgan fingerprint density at radius 3 is 2.45 bits per heavy atom. The minimum atomic E-state index is -0.346. The van der Waals surface area contributed by atoms with Crippen LogP contribution >= 0.6 is 0 Å². The van der Waals surface area contributed by atoms with Gasteiger partial charge in [0.1, 0.15) is 5.82 Å². The highest BCUT2D eigenvalue weighted by Crippen LogP contribution is 2.07. The summed E-state index contributed by atoms with van der Waals surface area (Å²) in [7, 11) is 3.25. The quantitative estimate of drug-likeness (QED) is 0.548. The largest absolute Gasteiger partial charge is 0.377 e. The summed E-state index contributed by atoms with van der Waals surface area (Å²) in [6, 6.07) is 5.58. The minimum absolute atomic E-state index is 0.0461. The van der Waals surface area contributed by atoms with Crippen LogP contribution in [0.25, 0.3) is 0 Å². The van der Waals surface area contributed by atoms with Gasteiger partial charge in [-0.05, 0) is 38.1 Å². The minimum Gasteiger partial charge on any atom is -0.377 e. The first kappa shape index (κ1) is 17.9. The number of nitrogens with zero attached hydrogens (tertiary/aromatic N) is 1. The van der Waals surface area contributed by atoms with Crippen molar-refractivity contribution in [2.75, 3.05) is 32.6 Å². The molecular weight excluding hydrogens is 287 g/mol. The number of methoxy groups -OCH3 is 1. The van der Waals surface area contributed by atoms with E-state index in [0.29, 0.717) is 18.2 Å². The van der Waals surface area contributed by atoms with E-state index < -0.39 is 0 Å². The summed E-state index contributed by atoms with van der Waals surface area (Å²) in [4.78, 5) is 15.8. The molecule has 0 bridgehead atoms. The lowest BCUT2D eigenvalue weighted by atomic mass is 10.1. The van der Waals surface area contributed by atoms with Crippen molar-refractivity contribution >= 4 is 17.6 Å². The molecule has 3 N–H and O–H groups in total. The van der Waals surface area contributed by atoms with Gasteiger partial charge in [-0.25, -0.2) is 4.39 Å². The molecule has 0 radical (unpaired) electrons. The molecule has 0 heterocycles. The number of guanidine groups is 1. The van der Waals surface area contributed by atoms with Crippen LogP contribution in [-0.4, -0.2) is 44.7 Å². The third-order valence-electron chi connectivity index (χ3n) is 3.00. The van der Waals surface area contributed by atoms with Crippen molar-refractivity contribution in [1.29, 1.82) is 0 Å². The van der Waals surface area contributed by atoms with Gasteiger partial charge in [0.05, 0.1) is 12.1 Å². The topological polar surface area (TPSA) is 74.8 Å². The Labute approximate surface area is 130 Å². The van der Waals surface area contributed by atoms with E-state index in [1.807, 2.05) is 13.8 Å². The molecule has 0 saturated carbocycles. The Kier molecular flexibility index (Phi) is 6.78. The Balaban J connectivity index is 2.39. The van der Waals surface area contributed by atoms with Gasteiger partial charge in [-0.3, -0.25) is 9.79 Å². The fourth-order valence-electron chi connectivity index (χ4n) is 1.49. The lowest BCUT2D eigenvalue weighted by Gasteiger charge is -2.24. The number of nitrogens with one attached hydrogen (secondary N) is 3. The van der Waals surface area contributed by atoms with Gasteiger partial charge >= 0.3 is 0 Å². The highest BCUT2D eigenvalue weighted by Gasteiger charge is 2.16. The fourth-order valence-corrected chi connectivity index (χ4v) is 1.49. The van der Waals surface area contributed by atoms with Crippen LogP contribution in [0.2, 0.25) is 0 Å². The van der Waals surface area contributed by atoms with Crippen LogP contribution in [0.3, 0.4) is 0 Å². The maximum absolute atomic E-state index is 12.8. The standard InChI is InChI=1S/C15H23FN4O2/c1-15(2,22-4)10-19-14(17-3)18-9-13(21)20-12-7-5-11(16)6-8-12/h5-8H,9-10H2,1-4H3,(H,20,21)(H2,17,18,19). The zero-order valence-corrected chi connectivity index (χ0v) is 13.4. The van der Waals surface area contributed by atoms with Crippen molar-refractivity contribution in [3.63, 3.8) is 0 Å². The van der Waals surface area contributed by atoms with E-state index in [1.54, 1.807) is 14.2 Å². The second kappa shape index (κ2) is 8.33. The predicted molar refractivity (Wildman–Crippen MR) is 85.5 cm³/mol. The second-order valence-electron chi connectivity index (χ2n) is 5.30. The number of anilines is 1. The SMILES string of the molecule is CN=C(NCC(=O)Nc1ccc(F)cc1)NCC(C)(C)OC. The molecule has 0 atom stereocenters. The van der Waals surface area contributed by atoms with E-state index in [9.17, 15) is 9.18 Å². The normalized spacial score (nSPS) is 12.0. The second-order valence-corrected chi connectivity index (χ2v) is 5.30. The van der Waals surface area contributed by atoms with Gasteiger partial charge in [0, 0.05) is 26.4 Å². The molecule has 0 unspecified atom stereocenters. The van der Waals surface area contributed by atoms with Crippen molar-refractivity contribution in [3.05, 3.63) is 30.1 Å². The van der Waals surface area contributed by atoms with Crippen LogP contribution < -0.4 is 16.0 Å². The van der Waals surface area contributed by atoms with E-state index in [4.69, 9.17) is 4.74 Å². The van der Waals surface area contributed by atoms with E-state index in [2.05, 4.69) is 20.9 Å². The van der Waals surface area contributed by atoms with Crippen LogP contribution in [0.5, 0.6) is 0 Å². The zero-order valence-electron chi connectivity index (χ0n) is 13.4. The van der Waals surface area contributed by atoms with Gasteiger partial charge in [0.2, 0.25) is 5.91 Å². The highest BCUT2D eigenvalue weighted by atomic mass is 19.1. The molecule has 1 amide bonds. The molecule has 0 aliphatic rings. The highest BCUT2D eigenvalue weighted by molar-refractivity contribution is 5.94. The van der Waals surface area contributed by atoms with E-state index in [0.717, 1.165) is 0 Å². The van der Waals surface area contributed by atoms with Crippen molar-refractivity contribution in [3.8, 4) is 0 Å². The van der Waals surface area contributed by atoms with Crippen molar-refractivity contribution in [2.24, 2.45) is 4.99 Å². The third kappa shape index (κ3) is 6.53. The number of amides is 1. The molecule has 6 nitrogen and oxygen atoms in total. The molecule has 22 heavy (non-hydrogen) atoms. The number of carbonyl (C=O) groups is 1. The first-order valence-corrected chi connectivity index (χ1v) is 6.91. The molecule has 1 aromatic rings. The van der Waals surface area contributed by atoms with Crippen LogP contribution in [-0.2, 0) is 9.53 Å². The van der Waals surface area contributed by atoms with Crippen LogP contribution in [0, 0.1) is 5.82 Å². The molecule has 0 spiro atoms. The van der Waals surface area contributed by atoms with Gasteiger partial charge in [-0.15, -0.1) is 0 Å². The van der Waals surface area contributed by atoms with Gasteiger partial charge in [0.15, 0.2) is 5.96 Å². The average molecular weight is 310 g/mol. The Morgan fingerprint density at radius 2 is 1.91 bits per heavy atom. The summed E-state index contributed by atoms with van der Waals surface area (Å²) in [5.74, 6) is -0.0959. The summed E-state index contributed by atoms with van der Waals surface area (Å²) >= 11 is 0. The molecule has 1 aromatic carbocycles. The van der Waals surface area contributed by atoms with Crippen LogP contribution in [0.15, 0.2) is 29.3 Å². The first-order chi connectivity index (χ1) is 10.4. The number of carbonyl (C=O) groups excluding carboxylic acids is 1. The number of halogens is 1. The smallest absolute Gasteiger partial charge is 0.243 e. The maximum atomic E-state index is 12.8. The van der Waals surface area contributed by atoms with Crippen molar-refractivity contribution in [2.45, 2.75) is 19.4 Å². The molecule has 0 fully saturated rings. The maximum Gasteiger partial charge on any atom is 0.243 e. The van der Waals surface area contributed by atoms with Crippen LogP contribution in [0.4, 0.5) is 10.1 Å². The fraction of sp³-hybridized carbons (Fsp3) is 0.467. The van der Waals surface area contributed by atoms with Crippen molar-refractivity contribution < 1.29 is 13.9 Å². The van der Waals surface area contributed by atoms with Gasteiger partial charge < -0.3 is 20.7 Å². The molecule has 1 rings (SSSR count). The molecular formula is C15H23FN4O2. The third-order valence-corrected chi connectivity index (χ3v) is 3.00. The lowest BCUT2D eigenvalue weighted by Crippen LogP contribution is -2.47. The molecule has 0 aromatic heterocycles. The molecule has 0 aliphatic carbocycles. The van der Waals surface area contributed by atoms with Gasteiger partial charge in [-0.1, -0.05) is 0 Å². The van der Waals surface area contributed by atoms with E-state index in [1.165, 1.54) is 24.3 Å². The molecule has 122 valence electrons. The Hall–Kier alpha value is -2.15. The van der Waals surface area contributed by atoms with Crippen LogP contribution in [0.1, 0.15) is 13.8 Å².